The SMILES string of the molecule is c1ccc2c(c1)-c1cccc3c(-c4c5ccccc5c(-c5ccc6ccc7cccnc7c6n5)c5ccccc45)ccc-2c13. The fourth-order valence-corrected chi connectivity index (χ4v) is 7.58. The molecule has 0 bridgehead atoms. The van der Waals surface area contributed by atoms with Crippen LogP contribution in [0.2, 0.25) is 0 Å². The first-order valence-corrected chi connectivity index (χ1v) is 15.1. The van der Waals surface area contributed by atoms with Crippen LogP contribution in [0.1, 0.15) is 0 Å². The second kappa shape index (κ2) is 8.82. The van der Waals surface area contributed by atoms with Gasteiger partial charge in [-0.3, -0.25) is 4.98 Å². The van der Waals surface area contributed by atoms with Crippen molar-refractivity contribution in [2.24, 2.45) is 0 Å². The smallest absolute Gasteiger partial charge is 0.0972 e. The Labute approximate surface area is 253 Å². The lowest BCUT2D eigenvalue weighted by molar-refractivity contribution is 1.38. The van der Waals surface area contributed by atoms with Crippen LogP contribution in [-0.2, 0) is 0 Å². The topological polar surface area (TPSA) is 25.8 Å². The maximum absolute atomic E-state index is 5.32. The highest BCUT2D eigenvalue weighted by molar-refractivity contribution is 6.26. The van der Waals surface area contributed by atoms with Crippen molar-refractivity contribution in [3.05, 3.63) is 146 Å². The summed E-state index contributed by atoms with van der Waals surface area (Å²) in [4.78, 5) is 10.0. The second-order valence-corrected chi connectivity index (χ2v) is 11.7. The highest BCUT2D eigenvalue weighted by atomic mass is 14.8. The summed E-state index contributed by atoms with van der Waals surface area (Å²) >= 11 is 0. The van der Waals surface area contributed by atoms with Crippen LogP contribution in [0.25, 0.3) is 98.8 Å². The van der Waals surface area contributed by atoms with Crippen molar-refractivity contribution in [3.8, 4) is 44.6 Å². The Kier molecular flexibility index (Phi) is 4.75. The minimum absolute atomic E-state index is 0.935. The first kappa shape index (κ1) is 23.7. The molecule has 2 nitrogen and oxygen atoms in total. The number of aromatic nitrogens is 2. The average Bonchev–Trinajstić information content (AvgIpc) is 3.42. The van der Waals surface area contributed by atoms with Crippen LogP contribution in [0, 0.1) is 0 Å². The van der Waals surface area contributed by atoms with Gasteiger partial charge in [0.25, 0.3) is 0 Å². The van der Waals surface area contributed by atoms with E-state index in [1.165, 1.54) is 65.7 Å². The predicted molar refractivity (Wildman–Crippen MR) is 185 cm³/mol. The molecular weight excluding hydrogens is 532 g/mol. The largest absolute Gasteiger partial charge is 0.254 e. The Bertz CT molecular complexity index is 2580. The standard InChI is InChI=1S/C42H24N2/c1-2-11-28-27(10-1)29-16-7-17-32-36(22-21-35(28)38(29)32)39-30-12-3-5-14-33(30)40(34-15-6-4-13-31(34)39)37-23-20-26-19-18-25-9-8-24-43-41(25)42(26)44-37/h1-24H. The van der Waals surface area contributed by atoms with Crippen LogP contribution < -0.4 is 0 Å². The van der Waals surface area contributed by atoms with E-state index in [0.717, 1.165) is 33.1 Å². The van der Waals surface area contributed by atoms with Crippen molar-refractivity contribution in [2.75, 3.05) is 0 Å². The van der Waals surface area contributed by atoms with E-state index >= 15 is 0 Å². The summed E-state index contributed by atoms with van der Waals surface area (Å²) in [5, 5.41) is 9.70. The first-order chi connectivity index (χ1) is 21.8. The van der Waals surface area contributed by atoms with E-state index in [-0.39, 0.29) is 0 Å². The lowest BCUT2D eigenvalue weighted by atomic mass is 9.85. The number of rotatable bonds is 2. The molecule has 7 aromatic carbocycles. The lowest BCUT2D eigenvalue weighted by Gasteiger charge is -2.19. The molecule has 1 aliphatic carbocycles. The molecule has 0 unspecified atom stereocenters. The Morgan fingerprint density at radius 1 is 0.341 bits per heavy atom. The lowest BCUT2D eigenvalue weighted by Crippen LogP contribution is -1.94. The highest BCUT2D eigenvalue weighted by Gasteiger charge is 2.24. The van der Waals surface area contributed by atoms with E-state index in [1.54, 1.807) is 0 Å². The van der Waals surface area contributed by atoms with Crippen molar-refractivity contribution in [2.45, 2.75) is 0 Å². The van der Waals surface area contributed by atoms with Crippen LogP contribution in [0.3, 0.4) is 0 Å². The molecule has 0 amide bonds. The molecule has 1 aliphatic rings. The summed E-state index contributed by atoms with van der Waals surface area (Å²) < 4.78 is 0. The summed E-state index contributed by atoms with van der Waals surface area (Å²) in [5.74, 6) is 0. The van der Waals surface area contributed by atoms with E-state index in [9.17, 15) is 0 Å². The zero-order valence-electron chi connectivity index (χ0n) is 23.8. The Balaban J connectivity index is 1.32. The molecule has 0 saturated carbocycles. The quantitative estimate of drug-likeness (QED) is 0.156. The number of nitrogens with zero attached hydrogens (tertiary/aromatic N) is 2. The Morgan fingerprint density at radius 2 is 0.886 bits per heavy atom. The van der Waals surface area contributed by atoms with E-state index < -0.39 is 0 Å². The summed E-state index contributed by atoms with van der Waals surface area (Å²) in [5.41, 5.74) is 11.8. The number of pyridine rings is 2. The number of fused-ring (bicyclic) bond motifs is 8. The van der Waals surface area contributed by atoms with Gasteiger partial charge in [-0.15, -0.1) is 0 Å². The molecule has 202 valence electrons. The number of benzene rings is 7. The van der Waals surface area contributed by atoms with Gasteiger partial charge in [0.2, 0.25) is 0 Å². The van der Waals surface area contributed by atoms with E-state index in [0.29, 0.717) is 0 Å². The van der Waals surface area contributed by atoms with Crippen molar-refractivity contribution in [1.82, 2.24) is 9.97 Å². The first-order valence-electron chi connectivity index (χ1n) is 15.1. The van der Waals surface area contributed by atoms with Crippen molar-refractivity contribution < 1.29 is 0 Å². The zero-order chi connectivity index (χ0) is 28.8. The van der Waals surface area contributed by atoms with Crippen LogP contribution in [0.4, 0.5) is 0 Å². The van der Waals surface area contributed by atoms with Crippen LogP contribution >= 0.6 is 0 Å². The normalized spacial score (nSPS) is 12.1. The molecule has 0 spiro atoms. The van der Waals surface area contributed by atoms with Crippen LogP contribution in [-0.4, -0.2) is 9.97 Å². The average molecular weight is 557 g/mol. The summed E-state index contributed by atoms with van der Waals surface area (Å²) in [6, 6.07) is 50.6. The Hall–Kier alpha value is -5.86. The number of hydrogen-bond donors (Lipinski definition) is 0. The fraction of sp³-hybridized carbons (Fsp3) is 0. The van der Waals surface area contributed by atoms with E-state index in [2.05, 4.69) is 133 Å². The molecule has 44 heavy (non-hydrogen) atoms. The maximum Gasteiger partial charge on any atom is 0.0972 e. The molecule has 0 saturated heterocycles. The van der Waals surface area contributed by atoms with Gasteiger partial charge in [0.1, 0.15) is 0 Å². The van der Waals surface area contributed by atoms with Gasteiger partial charge in [-0.2, -0.15) is 0 Å². The van der Waals surface area contributed by atoms with Crippen LogP contribution in [0.5, 0.6) is 0 Å². The third-order valence-electron chi connectivity index (χ3n) is 9.44. The fourth-order valence-electron chi connectivity index (χ4n) is 7.58. The molecule has 0 atom stereocenters. The Morgan fingerprint density at radius 3 is 1.61 bits per heavy atom. The third-order valence-corrected chi connectivity index (χ3v) is 9.44. The summed E-state index contributed by atoms with van der Waals surface area (Å²) in [6.45, 7) is 0. The molecule has 0 fully saturated rings. The highest BCUT2D eigenvalue weighted by Crippen LogP contribution is 2.51. The van der Waals surface area contributed by atoms with Crippen LogP contribution in [0.15, 0.2) is 146 Å². The monoisotopic (exact) mass is 556 g/mol. The molecule has 2 heteroatoms. The summed E-state index contributed by atoms with van der Waals surface area (Å²) in [7, 11) is 0. The molecule has 0 radical (unpaired) electrons. The van der Waals surface area contributed by atoms with Gasteiger partial charge in [0, 0.05) is 22.5 Å². The third kappa shape index (κ3) is 3.14. The maximum atomic E-state index is 5.32. The van der Waals surface area contributed by atoms with Crippen molar-refractivity contribution >= 4 is 54.1 Å². The van der Waals surface area contributed by atoms with Crippen molar-refractivity contribution in [3.63, 3.8) is 0 Å². The second-order valence-electron chi connectivity index (χ2n) is 11.7. The van der Waals surface area contributed by atoms with E-state index in [1.807, 2.05) is 12.3 Å². The molecule has 10 rings (SSSR count). The minimum atomic E-state index is 0.935. The molecule has 0 aliphatic heterocycles. The number of hydrogen-bond acceptors (Lipinski definition) is 2. The van der Waals surface area contributed by atoms with Gasteiger partial charge < -0.3 is 0 Å². The minimum Gasteiger partial charge on any atom is -0.254 e. The molecule has 9 aromatic rings. The molecule has 2 aromatic heterocycles. The van der Waals surface area contributed by atoms with Gasteiger partial charge in [-0.1, -0.05) is 127 Å². The van der Waals surface area contributed by atoms with Gasteiger partial charge in [-0.25, -0.2) is 4.98 Å². The summed E-state index contributed by atoms with van der Waals surface area (Å²) in [6.07, 6.45) is 1.85. The molecular formula is C42H24N2. The van der Waals surface area contributed by atoms with Gasteiger partial charge >= 0.3 is 0 Å². The molecule has 0 N–H and O–H groups in total. The zero-order valence-corrected chi connectivity index (χ0v) is 23.8. The van der Waals surface area contributed by atoms with E-state index in [4.69, 9.17) is 9.97 Å². The van der Waals surface area contributed by atoms with Gasteiger partial charge in [0.15, 0.2) is 0 Å². The predicted octanol–water partition coefficient (Wildman–Crippen LogP) is 11.2. The van der Waals surface area contributed by atoms with Crippen molar-refractivity contribution in [1.29, 1.82) is 0 Å². The van der Waals surface area contributed by atoms with Gasteiger partial charge in [0.05, 0.1) is 16.7 Å². The van der Waals surface area contributed by atoms with Gasteiger partial charge in [-0.05, 0) is 77.8 Å². The molecule has 2 heterocycles.